The largest absolute Gasteiger partial charge is 0.342 e. The van der Waals surface area contributed by atoms with Gasteiger partial charge in [-0.1, -0.05) is 51.4 Å². The van der Waals surface area contributed by atoms with Gasteiger partial charge in [0.05, 0.1) is 22.4 Å². The molecule has 0 radical (unpaired) electrons. The van der Waals surface area contributed by atoms with Crippen LogP contribution in [0.3, 0.4) is 0 Å². The number of carbonyl (C=O) groups is 2. The molecule has 2 amide bonds. The molecule has 1 heterocycles. The molecule has 0 aliphatic carbocycles. The highest BCUT2D eigenvalue weighted by Gasteiger charge is 2.20. The Hall–Kier alpha value is -2.36. The summed E-state index contributed by atoms with van der Waals surface area (Å²) in [5.41, 5.74) is 1.12. The van der Waals surface area contributed by atoms with Gasteiger partial charge in [-0.3, -0.25) is 9.59 Å². The average Bonchev–Trinajstić information content (AvgIpc) is 3.09. The van der Waals surface area contributed by atoms with Crippen LogP contribution in [-0.4, -0.2) is 32.3 Å². The van der Waals surface area contributed by atoms with Crippen LogP contribution in [0.25, 0.3) is 0 Å². The molecule has 0 aliphatic heterocycles. The van der Waals surface area contributed by atoms with E-state index in [-0.39, 0.29) is 17.6 Å². The highest BCUT2D eigenvalue weighted by Crippen LogP contribution is 2.21. The third kappa shape index (κ3) is 5.62. The molecule has 0 fully saturated rings. The zero-order chi connectivity index (χ0) is 21.7. The van der Waals surface area contributed by atoms with Crippen molar-refractivity contribution >= 4 is 56.8 Å². The van der Waals surface area contributed by atoms with E-state index < -0.39 is 6.04 Å². The number of aromatic nitrogens is 3. The topological polar surface area (TPSA) is 88.9 Å². The first kappa shape index (κ1) is 22.3. The van der Waals surface area contributed by atoms with Crippen molar-refractivity contribution in [2.75, 3.05) is 11.1 Å². The van der Waals surface area contributed by atoms with E-state index in [9.17, 15) is 9.59 Å². The molecular weight excluding hydrogens is 490 g/mol. The lowest BCUT2D eigenvalue weighted by molar-refractivity contribution is -0.113. The summed E-state index contributed by atoms with van der Waals surface area (Å²) in [6, 6.07) is 13.8. The first-order chi connectivity index (χ1) is 14.3. The van der Waals surface area contributed by atoms with Crippen LogP contribution < -0.4 is 10.6 Å². The summed E-state index contributed by atoms with van der Waals surface area (Å²) in [6.45, 7) is 1.81. The number of anilines is 1. The van der Waals surface area contributed by atoms with E-state index in [1.54, 1.807) is 35.9 Å². The number of carbonyl (C=O) groups excluding carboxylic acids is 2. The number of nitrogens with zero attached hydrogens (tertiary/aromatic N) is 3. The highest BCUT2D eigenvalue weighted by molar-refractivity contribution is 9.10. The van der Waals surface area contributed by atoms with E-state index in [4.69, 9.17) is 11.6 Å². The van der Waals surface area contributed by atoms with Gasteiger partial charge in [-0.2, -0.15) is 0 Å². The first-order valence-corrected chi connectivity index (χ1v) is 11.1. The second kappa shape index (κ2) is 10.1. The molecule has 0 bridgehead atoms. The number of hydrogen-bond donors (Lipinski definition) is 2. The van der Waals surface area contributed by atoms with Gasteiger partial charge in [0, 0.05) is 17.2 Å². The van der Waals surface area contributed by atoms with Crippen LogP contribution in [-0.2, 0) is 11.8 Å². The van der Waals surface area contributed by atoms with E-state index in [0.717, 1.165) is 10.2 Å². The van der Waals surface area contributed by atoms with E-state index in [1.165, 1.54) is 11.8 Å². The number of hydrogen-bond acceptors (Lipinski definition) is 5. The Balaban J connectivity index is 1.58. The molecule has 10 heteroatoms. The van der Waals surface area contributed by atoms with Crippen LogP contribution in [0.15, 0.2) is 58.2 Å². The zero-order valence-electron chi connectivity index (χ0n) is 16.2. The van der Waals surface area contributed by atoms with Crippen molar-refractivity contribution < 1.29 is 9.59 Å². The Kier molecular flexibility index (Phi) is 7.52. The molecule has 3 rings (SSSR count). The van der Waals surface area contributed by atoms with E-state index in [0.29, 0.717) is 21.6 Å². The molecule has 0 aliphatic rings. The second-order valence-corrected chi connectivity index (χ2v) is 8.68. The molecule has 3 aromatic rings. The standard InChI is InChI=1S/C20H19BrClN5O2S/c1-12(23-19(29)15-5-3-4-6-16(15)22)18-25-26-20(27(18)2)30-11-17(28)24-14-9-7-13(21)8-10-14/h3-10,12H,11H2,1-2H3,(H,23,29)(H,24,28)/t12-/m1/s1. The van der Waals surface area contributed by atoms with Gasteiger partial charge in [0.2, 0.25) is 5.91 Å². The molecule has 1 atom stereocenters. The van der Waals surface area contributed by atoms with Crippen LogP contribution in [0.5, 0.6) is 0 Å². The third-order valence-corrected chi connectivity index (χ3v) is 6.06. The molecule has 0 unspecified atom stereocenters. The minimum absolute atomic E-state index is 0.146. The normalized spacial score (nSPS) is 11.7. The Morgan fingerprint density at radius 1 is 1.17 bits per heavy atom. The van der Waals surface area contributed by atoms with Crippen LogP contribution in [0.1, 0.15) is 29.1 Å². The molecule has 2 N–H and O–H groups in total. The summed E-state index contributed by atoms with van der Waals surface area (Å²) in [5, 5.41) is 15.0. The van der Waals surface area contributed by atoms with Crippen molar-refractivity contribution in [1.29, 1.82) is 0 Å². The number of halogens is 2. The zero-order valence-corrected chi connectivity index (χ0v) is 19.4. The van der Waals surface area contributed by atoms with Crippen molar-refractivity contribution in [2.24, 2.45) is 7.05 Å². The van der Waals surface area contributed by atoms with Crippen molar-refractivity contribution in [3.63, 3.8) is 0 Å². The van der Waals surface area contributed by atoms with E-state index in [1.807, 2.05) is 31.2 Å². The number of amides is 2. The summed E-state index contributed by atoms with van der Waals surface area (Å²) in [7, 11) is 1.79. The summed E-state index contributed by atoms with van der Waals surface area (Å²) >= 11 is 10.7. The molecular formula is C20H19BrClN5O2S. The van der Waals surface area contributed by atoms with Gasteiger partial charge in [0.15, 0.2) is 11.0 Å². The SMILES string of the molecule is C[C@@H](NC(=O)c1ccccc1Cl)c1nnc(SCC(=O)Nc2ccc(Br)cc2)n1C. The molecule has 2 aromatic carbocycles. The van der Waals surface area contributed by atoms with Gasteiger partial charge < -0.3 is 15.2 Å². The maximum Gasteiger partial charge on any atom is 0.253 e. The molecule has 0 saturated heterocycles. The molecule has 156 valence electrons. The minimum Gasteiger partial charge on any atom is -0.342 e. The van der Waals surface area contributed by atoms with Crippen LogP contribution in [0.4, 0.5) is 5.69 Å². The quantitative estimate of drug-likeness (QED) is 0.460. The summed E-state index contributed by atoms with van der Waals surface area (Å²) in [5.74, 6) is 0.319. The smallest absolute Gasteiger partial charge is 0.253 e. The molecule has 0 saturated carbocycles. The molecule has 30 heavy (non-hydrogen) atoms. The predicted octanol–water partition coefficient (Wildman–Crippen LogP) is 4.45. The van der Waals surface area contributed by atoms with Gasteiger partial charge in [0.25, 0.3) is 5.91 Å². The Bertz CT molecular complexity index is 1060. The van der Waals surface area contributed by atoms with E-state index >= 15 is 0 Å². The summed E-state index contributed by atoms with van der Waals surface area (Å²) < 4.78 is 2.70. The van der Waals surface area contributed by atoms with Crippen LogP contribution in [0, 0.1) is 0 Å². The third-order valence-electron chi connectivity index (χ3n) is 4.18. The van der Waals surface area contributed by atoms with Gasteiger partial charge in [-0.25, -0.2) is 0 Å². The van der Waals surface area contributed by atoms with Gasteiger partial charge in [0.1, 0.15) is 0 Å². The van der Waals surface area contributed by atoms with Crippen molar-refractivity contribution in [3.05, 3.63) is 69.4 Å². The molecule has 7 nitrogen and oxygen atoms in total. The average molecular weight is 509 g/mol. The maximum atomic E-state index is 12.5. The maximum absolute atomic E-state index is 12.5. The highest BCUT2D eigenvalue weighted by atomic mass is 79.9. The molecule has 0 spiro atoms. The Morgan fingerprint density at radius 2 is 1.87 bits per heavy atom. The predicted molar refractivity (Wildman–Crippen MR) is 122 cm³/mol. The monoisotopic (exact) mass is 507 g/mol. The number of benzene rings is 2. The number of thioether (sulfide) groups is 1. The fourth-order valence-electron chi connectivity index (χ4n) is 2.67. The Labute approximate surface area is 191 Å². The molecule has 1 aromatic heterocycles. The summed E-state index contributed by atoms with van der Waals surface area (Å²) in [6.07, 6.45) is 0. The number of nitrogens with one attached hydrogen (secondary N) is 2. The lowest BCUT2D eigenvalue weighted by Crippen LogP contribution is -2.28. The van der Waals surface area contributed by atoms with Gasteiger partial charge in [-0.15, -0.1) is 10.2 Å². The van der Waals surface area contributed by atoms with Crippen molar-refractivity contribution in [1.82, 2.24) is 20.1 Å². The Morgan fingerprint density at radius 3 is 2.57 bits per heavy atom. The second-order valence-electron chi connectivity index (χ2n) is 6.42. The minimum atomic E-state index is -0.391. The lowest BCUT2D eigenvalue weighted by Gasteiger charge is -2.14. The van der Waals surface area contributed by atoms with Crippen molar-refractivity contribution in [3.8, 4) is 0 Å². The van der Waals surface area contributed by atoms with E-state index in [2.05, 4.69) is 36.8 Å². The van der Waals surface area contributed by atoms with Crippen LogP contribution >= 0.6 is 39.3 Å². The lowest BCUT2D eigenvalue weighted by atomic mass is 10.2. The fourth-order valence-corrected chi connectivity index (χ4v) is 3.88. The summed E-state index contributed by atoms with van der Waals surface area (Å²) in [4.78, 5) is 24.6. The van der Waals surface area contributed by atoms with Gasteiger partial charge in [-0.05, 0) is 43.3 Å². The first-order valence-electron chi connectivity index (χ1n) is 8.98. The van der Waals surface area contributed by atoms with Crippen molar-refractivity contribution in [2.45, 2.75) is 18.1 Å². The number of rotatable bonds is 7. The van der Waals surface area contributed by atoms with Crippen LogP contribution in [0.2, 0.25) is 5.02 Å². The van der Waals surface area contributed by atoms with Gasteiger partial charge >= 0.3 is 0 Å². The fraction of sp³-hybridized carbons (Fsp3) is 0.200.